The number of benzene rings is 2. The number of rotatable bonds is 10. The molecule has 0 saturated heterocycles. The van der Waals surface area contributed by atoms with E-state index < -0.39 is 0 Å². The molecule has 0 radical (unpaired) electrons. The molecule has 3 aromatic rings. The highest BCUT2D eigenvalue weighted by molar-refractivity contribution is 5.94. The summed E-state index contributed by atoms with van der Waals surface area (Å²) in [5.74, 6) is 2.24. The average molecular weight is 404 g/mol. The zero-order valence-corrected chi connectivity index (χ0v) is 16.8. The van der Waals surface area contributed by atoms with Crippen molar-refractivity contribution in [1.29, 1.82) is 0 Å². The SMILES string of the molecule is C=CCOc1ccc(C(=O)NCc2ccc(Oc3ccccc3OCC)nc2)cc1. The number of carbonyl (C=O) groups is 1. The van der Waals surface area contributed by atoms with E-state index in [1.807, 2.05) is 37.3 Å². The van der Waals surface area contributed by atoms with Gasteiger partial charge in [-0.25, -0.2) is 4.98 Å². The predicted octanol–water partition coefficient (Wildman–Crippen LogP) is 4.77. The van der Waals surface area contributed by atoms with Crippen molar-refractivity contribution < 1.29 is 19.0 Å². The number of hydrogen-bond donors (Lipinski definition) is 1. The highest BCUT2D eigenvalue weighted by atomic mass is 16.5. The van der Waals surface area contributed by atoms with Crippen molar-refractivity contribution in [2.45, 2.75) is 13.5 Å². The maximum Gasteiger partial charge on any atom is 0.251 e. The fourth-order valence-corrected chi connectivity index (χ4v) is 2.64. The number of aromatic nitrogens is 1. The van der Waals surface area contributed by atoms with Gasteiger partial charge in [0.05, 0.1) is 6.61 Å². The zero-order chi connectivity index (χ0) is 21.2. The van der Waals surface area contributed by atoms with E-state index in [4.69, 9.17) is 14.2 Å². The Kier molecular flexibility index (Phi) is 7.44. The lowest BCUT2D eigenvalue weighted by Gasteiger charge is -2.11. The van der Waals surface area contributed by atoms with E-state index in [9.17, 15) is 4.79 Å². The molecule has 3 rings (SSSR count). The van der Waals surface area contributed by atoms with Gasteiger partial charge in [0, 0.05) is 24.4 Å². The van der Waals surface area contributed by atoms with Gasteiger partial charge in [-0.05, 0) is 48.9 Å². The molecule has 6 nitrogen and oxygen atoms in total. The number of nitrogens with zero attached hydrogens (tertiary/aromatic N) is 1. The summed E-state index contributed by atoms with van der Waals surface area (Å²) in [5, 5.41) is 2.88. The molecule has 0 aliphatic heterocycles. The van der Waals surface area contributed by atoms with E-state index in [1.54, 1.807) is 42.6 Å². The summed E-state index contributed by atoms with van der Waals surface area (Å²) in [4.78, 5) is 16.6. The van der Waals surface area contributed by atoms with Crippen molar-refractivity contribution in [2.24, 2.45) is 0 Å². The van der Waals surface area contributed by atoms with Crippen LogP contribution in [0.4, 0.5) is 0 Å². The summed E-state index contributed by atoms with van der Waals surface area (Å²) in [6.07, 6.45) is 3.34. The summed E-state index contributed by atoms with van der Waals surface area (Å²) in [6, 6.07) is 18.0. The van der Waals surface area contributed by atoms with Crippen LogP contribution in [-0.2, 0) is 6.54 Å². The number of nitrogens with one attached hydrogen (secondary N) is 1. The summed E-state index contributed by atoms with van der Waals surface area (Å²) in [6.45, 7) is 6.86. The first-order chi connectivity index (χ1) is 14.7. The van der Waals surface area contributed by atoms with Crippen molar-refractivity contribution in [2.75, 3.05) is 13.2 Å². The Morgan fingerprint density at radius 1 is 1.03 bits per heavy atom. The molecule has 0 fully saturated rings. The van der Waals surface area contributed by atoms with Gasteiger partial charge in [0.1, 0.15) is 12.4 Å². The molecule has 0 saturated carbocycles. The smallest absolute Gasteiger partial charge is 0.251 e. The molecular formula is C24H24N2O4. The van der Waals surface area contributed by atoms with E-state index in [0.29, 0.717) is 48.5 Å². The standard InChI is InChI=1S/C24H24N2O4/c1-3-15-29-20-12-10-19(11-13-20)24(27)26-17-18-9-14-23(25-16-18)30-22-8-6-5-7-21(22)28-4-2/h3,5-14,16H,1,4,15,17H2,2H3,(H,26,27). The van der Waals surface area contributed by atoms with Gasteiger partial charge in [-0.1, -0.05) is 30.9 Å². The van der Waals surface area contributed by atoms with Crippen molar-refractivity contribution in [3.05, 3.63) is 90.6 Å². The van der Waals surface area contributed by atoms with Crippen LogP contribution in [0.25, 0.3) is 0 Å². The lowest BCUT2D eigenvalue weighted by molar-refractivity contribution is 0.0951. The van der Waals surface area contributed by atoms with E-state index in [1.165, 1.54) is 0 Å². The minimum atomic E-state index is -0.170. The fourth-order valence-electron chi connectivity index (χ4n) is 2.64. The normalized spacial score (nSPS) is 10.2. The Morgan fingerprint density at radius 2 is 1.80 bits per heavy atom. The molecule has 1 aromatic heterocycles. The number of ether oxygens (including phenoxy) is 3. The van der Waals surface area contributed by atoms with Crippen LogP contribution >= 0.6 is 0 Å². The first-order valence-corrected chi connectivity index (χ1v) is 9.66. The molecule has 1 heterocycles. The Balaban J connectivity index is 1.54. The van der Waals surface area contributed by atoms with Crippen molar-refractivity contribution in [3.63, 3.8) is 0 Å². The highest BCUT2D eigenvalue weighted by Crippen LogP contribution is 2.30. The van der Waals surface area contributed by atoms with Crippen LogP contribution < -0.4 is 19.5 Å². The maximum absolute atomic E-state index is 12.3. The molecule has 1 amide bonds. The molecule has 154 valence electrons. The molecular weight excluding hydrogens is 380 g/mol. The average Bonchev–Trinajstić information content (AvgIpc) is 2.79. The van der Waals surface area contributed by atoms with Crippen LogP contribution in [0.2, 0.25) is 0 Å². The molecule has 0 bridgehead atoms. The van der Waals surface area contributed by atoms with Crippen molar-refractivity contribution in [1.82, 2.24) is 10.3 Å². The van der Waals surface area contributed by atoms with Crippen molar-refractivity contribution in [3.8, 4) is 23.1 Å². The van der Waals surface area contributed by atoms with Gasteiger partial charge in [-0.2, -0.15) is 0 Å². The van der Waals surface area contributed by atoms with Crippen LogP contribution in [0.15, 0.2) is 79.5 Å². The second kappa shape index (κ2) is 10.7. The van der Waals surface area contributed by atoms with Crippen LogP contribution in [0, 0.1) is 0 Å². The Morgan fingerprint density at radius 3 is 2.47 bits per heavy atom. The van der Waals surface area contributed by atoms with E-state index in [-0.39, 0.29) is 5.91 Å². The molecule has 0 aliphatic rings. The third kappa shape index (κ3) is 5.85. The van der Waals surface area contributed by atoms with E-state index in [2.05, 4.69) is 16.9 Å². The van der Waals surface area contributed by atoms with Gasteiger partial charge < -0.3 is 19.5 Å². The summed E-state index contributed by atoms with van der Waals surface area (Å²) in [5.41, 5.74) is 1.42. The summed E-state index contributed by atoms with van der Waals surface area (Å²) in [7, 11) is 0. The summed E-state index contributed by atoms with van der Waals surface area (Å²) < 4.78 is 16.8. The molecule has 0 spiro atoms. The zero-order valence-electron chi connectivity index (χ0n) is 16.8. The quantitative estimate of drug-likeness (QED) is 0.493. The number of hydrogen-bond acceptors (Lipinski definition) is 5. The lowest BCUT2D eigenvalue weighted by Crippen LogP contribution is -2.22. The van der Waals surface area contributed by atoms with Gasteiger partial charge >= 0.3 is 0 Å². The number of amides is 1. The van der Waals surface area contributed by atoms with Gasteiger partial charge in [-0.15, -0.1) is 0 Å². The molecule has 2 aromatic carbocycles. The third-order valence-corrected chi connectivity index (χ3v) is 4.10. The monoisotopic (exact) mass is 404 g/mol. The van der Waals surface area contributed by atoms with Crippen LogP contribution in [-0.4, -0.2) is 24.1 Å². The minimum Gasteiger partial charge on any atom is -0.490 e. The van der Waals surface area contributed by atoms with E-state index >= 15 is 0 Å². The fraction of sp³-hybridized carbons (Fsp3) is 0.167. The number of pyridine rings is 1. The first kappa shape index (κ1) is 20.9. The third-order valence-electron chi connectivity index (χ3n) is 4.10. The molecule has 1 N–H and O–H groups in total. The molecule has 0 aliphatic carbocycles. The molecule has 0 unspecified atom stereocenters. The van der Waals surface area contributed by atoms with Crippen LogP contribution in [0.1, 0.15) is 22.8 Å². The van der Waals surface area contributed by atoms with Gasteiger partial charge in [0.15, 0.2) is 11.5 Å². The molecule has 30 heavy (non-hydrogen) atoms. The topological polar surface area (TPSA) is 69.7 Å². The lowest BCUT2D eigenvalue weighted by atomic mass is 10.2. The number of carbonyl (C=O) groups excluding carboxylic acids is 1. The minimum absolute atomic E-state index is 0.170. The maximum atomic E-state index is 12.3. The summed E-state index contributed by atoms with van der Waals surface area (Å²) >= 11 is 0. The van der Waals surface area contributed by atoms with Crippen molar-refractivity contribution >= 4 is 5.91 Å². The highest BCUT2D eigenvalue weighted by Gasteiger charge is 2.08. The molecule has 6 heteroatoms. The second-order valence-electron chi connectivity index (χ2n) is 6.29. The largest absolute Gasteiger partial charge is 0.490 e. The number of para-hydroxylation sites is 2. The van der Waals surface area contributed by atoms with Crippen LogP contribution in [0.5, 0.6) is 23.1 Å². The Hall–Kier alpha value is -3.80. The van der Waals surface area contributed by atoms with Crippen LogP contribution in [0.3, 0.4) is 0 Å². The van der Waals surface area contributed by atoms with Gasteiger partial charge in [-0.3, -0.25) is 4.79 Å². The van der Waals surface area contributed by atoms with Gasteiger partial charge in [0.25, 0.3) is 5.91 Å². The van der Waals surface area contributed by atoms with E-state index in [0.717, 1.165) is 5.56 Å². The Bertz CT molecular complexity index is 969. The van der Waals surface area contributed by atoms with Gasteiger partial charge in [0.2, 0.25) is 5.88 Å². The first-order valence-electron chi connectivity index (χ1n) is 9.66. The molecule has 0 atom stereocenters. The Labute approximate surface area is 176 Å². The predicted molar refractivity (Wildman–Crippen MR) is 115 cm³/mol. The second-order valence-corrected chi connectivity index (χ2v) is 6.29.